The highest BCUT2D eigenvalue weighted by atomic mass is 32.1. The predicted octanol–water partition coefficient (Wildman–Crippen LogP) is 7.05. The Labute approximate surface area is 435 Å². The molecule has 0 spiro atoms. The maximum atomic E-state index is 14.8. The Hall–Kier alpha value is -5.67. The van der Waals surface area contributed by atoms with E-state index in [0.29, 0.717) is 44.0 Å². The molecule has 0 radical (unpaired) electrons. The van der Waals surface area contributed by atoms with E-state index in [1.54, 1.807) is 35.2 Å². The van der Waals surface area contributed by atoms with Crippen LogP contribution in [0.3, 0.4) is 0 Å². The van der Waals surface area contributed by atoms with Crippen LogP contribution in [0.2, 0.25) is 0 Å². The third-order valence-electron chi connectivity index (χ3n) is 15.2. The molecular weight excluding hydrogens is 943 g/mol. The van der Waals surface area contributed by atoms with Crippen molar-refractivity contribution in [2.75, 3.05) is 61.0 Å². The molecule has 73 heavy (non-hydrogen) atoms. The van der Waals surface area contributed by atoms with Gasteiger partial charge in [-0.15, -0.1) is 11.3 Å². The van der Waals surface area contributed by atoms with E-state index in [0.717, 1.165) is 83.2 Å². The predicted molar refractivity (Wildman–Crippen MR) is 285 cm³/mol. The number of thiazole rings is 1. The van der Waals surface area contributed by atoms with Gasteiger partial charge in [-0.1, -0.05) is 38.7 Å². The normalized spacial score (nSPS) is 17.8. The van der Waals surface area contributed by atoms with Gasteiger partial charge in [0, 0.05) is 99.2 Å². The van der Waals surface area contributed by atoms with Crippen LogP contribution in [0, 0.1) is 29.1 Å². The van der Waals surface area contributed by atoms with Crippen LogP contribution in [-0.2, 0) is 52.8 Å². The van der Waals surface area contributed by atoms with Crippen LogP contribution in [0.1, 0.15) is 116 Å². The molecule has 7 rings (SSSR count). The fourth-order valence-corrected chi connectivity index (χ4v) is 11.3. The Kier molecular flexibility index (Phi) is 17.9. The lowest BCUT2D eigenvalue weighted by Crippen LogP contribution is -2.60. The number of nitrogens with zero attached hydrogens (tertiary/aromatic N) is 7. The number of hydrogen-bond donors (Lipinski definition) is 2. The molecule has 0 bridgehead atoms. The SMILES string of the molecule is CCn1c(-c2cccnc2[C@H](C)OC)c(CC(C)(C)COC(C)=O)c2cc(-c3csc(C[C@H](NC(=O)C(C4CCCC4)N(C)C(=O)[C@H]4CCN(C(=O)C#CC(C)(C)N(C)C)C4)C(=O)N4CCCCN4)n3)ccc21. The number of carbonyl (C=O) groups is 5. The lowest BCUT2D eigenvalue weighted by atomic mass is 9.84. The van der Waals surface area contributed by atoms with Crippen molar-refractivity contribution in [3.8, 4) is 34.4 Å². The molecule has 3 fully saturated rings. The van der Waals surface area contributed by atoms with Crippen LogP contribution in [0.15, 0.2) is 41.9 Å². The van der Waals surface area contributed by atoms with Crippen LogP contribution in [0.25, 0.3) is 33.4 Å². The number of amides is 4. The molecule has 4 atom stereocenters. The summed E-state index contributed by atoms with van der Waals surface area (Å²) in [7, 11) is 7.21. The van der Waals surface area contributed by atoms with Crippen molar-refractivity contribution in [2.24, 2.45) is 17.3 Å². The first-order chi connectivity index (χ1) is 34.7. The number of benzene rings is 1. The average molecular weight is 1020 g/mol. The highest BCUT2D eigenvalue weighted by Crippen LogP contribution is 2.42. The van der Waals surface area contributed by atoms with Crippen molar-refractivity contribution in [1.82, 2.24) is 45.0 Å². The minimum absolute atomic E-state index is 0.0780. The van der Waals surface area contributed by atoms with Gasteiger partial charge >= 0.3 is 5.97 Å². The zero-order valence-corrected chi connectivity index (χ0v) is 45.7. The van der Waals surface area contributed by atoms with Gasteiger partial charge in [-0.05, 0) is 122 Å². The third-order valence-corrected chi connectivity index (χ3v) is 16.0. The van der Waals surface area contributed by atoms with Crippen LogP contribution in [0.4, 0.5) is 0 Å². The molecule has 3 aliphatic rings. The van der Waals surface area contributed by atoms with Gasteiger partial charge in [0.25, 0.3) is 11.8 Å². The van der Waals surface area contributed by atoms with E-state index < -0.39 is 29.0 Å². The molecule has 16 nitrogen and oxygen atoms in total. The average Bonchev–Trinajstić information content (AvgIpc) is 4.23. The minimum atomic E-state index is -0.952. The van der Waals surface area contributed by atoms with Crippen LogP contribution in [0.5, 0.6) is 0 Å². The molecule has 2 saturated heterocycles. The summed E-state index contributed by atoms with van der Waals surface area (Å²) in [6, 6.07) is 8.68. The van der Waals surface area contributed by atoms with Crippen molar-refractivity contribution in [3.05, 3.63) is 58.2 Å². The summed E-state index contributed by atoms with van der Waals surface area (Å²) >= 11 is 1.44. The Morgan fingerprint density at radius 2 is 1.77 bits per heavy atom. The van der Waals surface area contributed by atoms with Gasteiger partial charge in [0.05, 0.1) is 46.3 Å². The third kappa shape index (κ3) is 12.8. The Balaban J connectivity index is 1.18. The molecule has 3 aromatic heterocycles. The van der Waals surface area contributed by atoms with Gasteiger partial charge in [-0.2, -0.15) is 0 Å². The summed E-state index contributed by atoms with van der Waals surface area (Å²) in [6.45, 7) is 16.4. The quantitative estimate of drug-likeness (QED) is 0.0774. The monoisotopic (exact) mass is 1020 g/mol. The van der Waals surface area contributed by atoms with Crippen LogP contribution in [-0.4, -0.2) is 143 Å². The Morgan fingerprint density at radius 3 is 2.44 bits per heavy atom. The molecule has 394 valence electrons. The van der Waals surface area contributed by atoms with Crippen LogP contribution < -0.4 is 10.7 Å². The Morgan fingerprint density at radius 1 is 1.01 bits per heavy atom. The first-order valence-electron chi connectivity index (χ1n) is 26.1. The fourth-order valence-electron chi connectivity index (χ4n) is 10.5. The van der Waals surface area contributed by atoms with Crippen molar-refractivity contribution >= 4 is 51.8 Å². The lowest BCUT2D eigenvalue weighted by Gasteiger charge is -2.35. The number of likely N-dealkylation sites (tertiary alicyclic amines) is 1. The van der Waals surface area contributed by atoms with Gasteiger partial charge in [-0.25, -0.2) is 10.4 Å². The smallest absolute Gasteiger partial charge is 0.302 e. The first-order valence-corrected chi connectivity index (χ1v) is 26.9. The summed E-state index contributed by atoms with van der Waals surface area (Å²) in [6.07, 6.45) is 8.02. The van der Waals surface area contributed by atoms with E-state index in [1.165, 1.54) is 18.3 Å². The van der Waals surface area contributed by atoms with E-state index in [1.807, 2.05) is 51.2 Å². The summed E-state index contributed by atoms with van der Waals surface area (Å²) in [5.41, 5.74) is 8.95. The second-order valence-electron chi connectivity index (χ2n) is 21.6. The standard InChI is InChI=1S/C56H77N9O7S/c1-12-64-46-22-21-39(30-42(46)43(32-55(4,5)35-72-37(3)66)51(64)41-20-17-26-57-49(41)36(2)71-11)45-34-73-47(59-45)31-44(54(70)65-28-16-15-27-58-65)60-52(68)50(38-18-13-14-19-38)62(10)53(69)40-24-29-63(33-40)48(67)23-25-56(6,7)61(8)9/h17,20-22,26,30,34,36,38,40,44,50,58H,12-16,18-19,24,27-29,31-33,35H2,1-11H3,(H,60,68)/t36-,40-,44-,50?/m0/s1. The number of hydrogen-bond acceptors (Lipinski definition) is 12. The number of methoxy groups -OCH3 is 1. The largest absolute Gasteiger partial charge is 0.465 e. The topological polar surface area (TPSA) is 172 Å². The van der Waals surface area contributed by atoms with Gasteiger partial charge in [0.15, 0.2) is 0 Å². The number of esters is 1. The van der Waals surface area contributed by atoms with E-state index in [-0.39, 0.29) is 61.2 Å². The van der Waals surface area contributed by atoms with Gasteiger partial charge in [0.1, 0.15) is 12.1 Å². The minimum Gasteiger partial charge on any atom is -0.465 e. The number of rotatable bonds is 18. The number of aryl methyl sites for hydroxylation is 1. The lowest BCUT2D eigenvalue weighted by molar-refractivity contribution is -0.146. The molecule has 1 saturated carbocycles. The molecule has 5 heterocycles. The number of nitrogens with one attached hydrogen (secondary N) is 2. The number of carbonyl (C=O) groups excluding carboxylic acids is 5. The fraction of sp³-hybridized carbons (Fsp3) is 0.589. The van der Waals surface area contributed by atoms with Crippen molar-refractivity contribution in [3.63, 3.8) is 0 Å². The summed E-state index contributed by atoms with van der Waals surface area (Å²) in [5.74, 6) is 3.88. The van der Waals surface area contributed by atoms with Gasteiger partial charge in [-0.3, -0.25) is 38.9 Å². The highest BCUT2D eigenvalue weighted by Gasteiger charge is 2.42. The highest BCUT2D eigenvalue weighted by molar-refractivity contribution is 7.10. The molecule has 4 amide bonds. The van der Waals surface area contributed by atoms with Crippen molar-refractivity contribution in [1.29, 1.82) is 0 Å². The number of hydrazine groups is 1. The molecule has 2 N–H and O–H groups in total. The zero-order chi connectivity index (χ0) is 52.8. The van der Waals surface area contributed by atoms with Gasteiger partial charge < -0.3 is 29.2 Å². The van der Waals surface area contributed by atoms with Crippen LogP contribution >= 0.6 is 11.3 Å². The Bertz CT molecular complexity index is 2700. The molecular formula is C56H77N9O7S. The number of pyridine rings is 1. The zero-order valence-electron chi connectivity index (χ0n) is 44.9. The number of ether oxygens (including phenoxy) is 2. The van der Waals surface area contributed by atoms with Crippen molar-refractivity contribution in [2.45, 2.75) is 137 Å². The number of fused-ring (bicyclic) bond motifs is 1. The molecule has 17 heteroatoms. The van der Waals surface area contributed by atoms with E-state index >= 15 is 0 Å². The van der Waals surface area contributed by atoms with Gasteiger partial charge in [0.2, 0.25) is 11.8 Å². The van der Waals surface area contributed by atoms with E-state index in [2.05, 4.69) is 72.2 Å². The molecule has 1 unspecified atom stereocenters. The molecule has 1 aliphatic carbocycles. The molecule has 2 aliphatic heterocycles. The number of likely N-dealkylation sites (N-methyl/N-ethyl adjacent to an activating group) is 1. The first kappa shape index (κ1) is 55.1. The van der Waals surface area contributed by atoms with E-state index in [4.69, 9.17) is 19.4 Å². The maximum absolute atomic E-state index is 14.8. The number of aromatic nitrogens is 3. The summed E-state index contributed by atoms with van der Waals surface area (Å²) < 4.78 is 13.7. The summed E-state index contributed by atoms with van der Waals surface area (Å²) in [5, 5.41) is 8.51. The van der Waals surface area contributed by atoms with E-state index in [9.17, 15) is 24.0 Å². The molecule has 1 aromatic carbocycles. The molecule has 4 aromatic rings. The maximum Gasteiger partial charge on any atom is 0.302 e. The summed E-state index contributed by atoms with van der Waals surface area (Å²) in [4.78, 5) is 84.0. The van der Waals surface area contributed by atoms with Crippen molar-refractivity contribution < 1.29 is 33.4 Å². The second-order valence-corrected chi connectivity index (χ2v) is 22.6. The second kappa shape index (κ2) is 23.7.